The number of nitrogens with two attached hydrogens (primary N) is 1. The van der Waals surface area contributed by atoms with Crippen molar-refractivity contribution in [3.05, 3.63) is 29.8 Å². The molecule has 1 atom stereocenters. The van der Waals surface area contributed by atoms with Gasteiger partial charge in [-0.15, -0.1) is 0 Å². The number of anilines is 1. The van der Waals surface area contributed by atoms with Crippen LogP contribution in [-0.2, 0) is 11.2 Å². The van der Waals surface area contributed by atoms with Crippen molar-refractivity contribution in [1.82, 2.24) is 9.80 Å². The first-order valence-corrected chi connectivity index (χ1v) is 8.81. The van der Waals surface area contributed by atoms with Crippen LogP contribution in [0.2, 0.25) is 0 Å². The van der Waals surface area contributed by atoms with Gasteiger partial charge in [0.15, 0.2) is 0 Å². The van der Waals surface area contributed by atoms with Gasteiger partial charge in [0.25, 0.3) is 0 Å². The van der Waals surface area contributed by atoms with E-state index in [4.69, 9.17) is 10.5 Å². The van der Waals surface area contributed by atoms with E-state index < -0.39 is 5.60 Å². The molecule has 0 aromatic heterocycles. The molecule has 134 valence electrons. The van der Waals surface area contributed by atoms with E-state index in [0.717, 1.165) is 44.7 Å². The molecule has 0 aliphatic carbocycles. The van der Waals surface area contributed by atoms with Crippen LogP contribution in [0.3, 0.4) is 0 Å². The molecule has 0 saturated carbocycles. The van der Waals surface area contributed by atoms with Crippen molar-refractivity contribution in [2.75, 3.05) is 31.9 Å². The standard InChI is InChI=1S/C19H31N3O2/c1-15-14-22(18(23)24-19(2,3)4)13-12-21(15)11-5-6-16-7-9-17(20)10-8-16/h7-10,15H,5-6,11-14,20H2,1-4H3/t15-/m1/s1. The number of nitrogens with zero attached hydrogens (tertiary/aromatic N) is 2. The molecule has 0 bridgehead atoms. The molecule has 1 aromatic rings. The van der Waals surface area contributed by atoms with Gasteiger partial charge in [-0.05, 0) is 64.8 Å². The molecule has 24 heavy (non-hydrogen) atoms. The van der Waals surface area contributed by atoms with Crippen molar-refractivity contribution in [2.24, 2.45) is 0 Å². The summed E-state index contributed by atoms with van der Waals surface area (Å²) in [7, 11) is 0. The zero-order valence-electron chi connectivity index (χ0n) is 15.4. The van der Waals surface area contributed by atoms with Gasteiger partial charge in [0, 0.05) is 31.4 Å². The summed E-state index contributed by atoms with van der Waals surface area (Å²) in [5.41, 5.74) is 7.42. The van der Waals surface area contributed by atoms with Crippen LogP contribution < -0.4 is 5.73 Å². The molecule has 1 aliphatic rings. The van der Waals surface area contributed by atoms with E-state index in [2.05, 4.69) is 24.0 Å². The van der Waals surface area contributed by atoms with E-state index in [1.807, 2.05) is 37.8 Å². The Morgan fingerprint density at radius 1 is 1.25 bits per heavy atom. The molecule has 1 fully saturated rings. The molecule has 1 saturated heterocycles. The highest BCUT2D eigenvalue weighted by Gasteiger charge is 2.29. The number of hydrogen-bond donors (Lipinski definition) is 1. The third-order valence-corrected chi connectivity index (χ3v) is 4.31. The zero-order chi connectivity index (χ0) is 17.7. The quantitative estimate of drug-likeness (QED) is 0.860. The second-order valence-electron chi connectivity index (χ2n) is 7.66. The van der Waals surface area contributed by atoms with E-state index in [9.17, 15) is 4.79 Å². The van der Waals surface area contributed by atoms with E-state index in [0.29, 0.717) is 6.04 Å². The van der Waals surface area contributed by atoms with Gasteiger partial charge in [-0.25, -0.2) is 4.79 Å². The Balaban J connectivity index is 1.75. The normalized spacial score (nSPS) is 19.3. The maximum absolute atomic E-state index is 12.2. The number of carbonyl (C=O) groups excluding carboxylic acids is 1. The van der Waals surface area contributed by atoms with E-state index in [1.54, 1.807) is 0 Å². The largest absolute Gasteiger partial charge is 0.444 e. The van der Waals surface area contributed by atoms with Crippen LogP contribution in [0, 0.1) is 0 Å². The lowest BCUT2D eigenvalue weighted by Gasteiger charge is -2.40. The summed E-state index contributed by atoms with van der Waals surface area (Å²) in [5, 5.41) is 0. The smallest absolute Gasteiger partial charge is 0.410 e. The zero-order valence-corrected chi connectivity index (χ0v) is 15.4. The fourth-order valence-corrected chi connectivity index (χ4v) is 2.99. The summed E-state index contributed by atoms with van der Waals surface area (Å²) in [6.07, 6.45) is 1.97. The number of benzene rings is 1. The average Bonchev–Trinajstić information content (AvgIpc) is 2.49. The van der Waals surface area contributed by atoms with Crippen molar-refractivity contribution >= 4 is 11.8 Å². The van der Waals surface area contributed by atoms with Gasteiger partial charge in [0.2, 0.25) is 0 Å². The fourth-order valence-electron chi connectivity index (χ4n) is 2.99. The highest BCUT2D eigenvalue weighted by atomic mass is 16.6. The Labute approximate surface area is 145 Å². The molecule has 1 heterocycles. The van der Waals surface area contributed by atoms with Gasteiger partial charge >= 0.3 is 6.09 Å². The van der Waals surface area contributed by atoms with Gasteiger partial charge < -0.3 is 15.4 Å². The summed E-state index contributed by atoms with van der Waals surface area (Å²) in [6, 6.07) is 8.46. The molecular formula is C19H31N3O2. The summed E-state index contributed by atoms with van der Waals surface area (Å²) in [5.74, 6) is 0. The van der Waals surface area contributed by atoms with Crippen LogP contribution in [0.25, 0.3) is 0 Å². The van der Waals surface area contributed by atoms with Gasteiger partial charge in [-0.1, -0.05) is 12.1 Å². The number of ether oxygens (including phenoxy) is 1. The van der Waals surface area contributed by atoms with Crippen LogP contribution in [0.15, 0.2) is 24.3 Å². The molecule has 5 heteroatoms. The lowest BCUT2D eigenvalue weighted by atomic mass is 10.1. The predicted octanol–water partition coefficient (Wildman–Crippen LogP) is 3.14. The monoisotopic (exact) mass is 333 g/mol. The number of amides is 1. The SMILES string of the molecule is C[C@@H]1CN(C(=O)OC(C)(C)C)CCN1CCCc1ccc(N)cc1. The Morgan fingerprint density at radius 3 is 2.50 bits per heavy atom. The summed E-state index contributed by atoms with van der Waals surface area (Å²) < 4.78 is 5.47. The minimum atomic E-state index is -0.434. The van der Waals surface area contributed by atoms with Gasteiger partial charge in [-0.2, -0.15) is 0 Å². The fraction of sp³-hybridized carbons (Fsp3) is 0.632. The van der Waals surface area contributed by atoms with Crippen molar-refractivity contribution in [2.45, 2.75) is 52.2 Å². The number of rotatable bonds is 4. The van der Waals surface area contributed by atoms with E-state index in [-0.39, 0.29) is 6.09 Å². The molecule has 0 radical (unpaired) electrons. The highest BCUT2D eigenvalue weighted by Crippen LogP contribution is 2.16. The number of aryl methyl sites for hydroxylation is 1. The van der Waals surface area contributed by atoms with Crippen LogP contribution in [0.1, 0.15) is 39.7 Å². The maximum Gasteiger partial charge on any atom is 0.410 e. The number of nitrogen functional groups attached to an aromatic ring is 1. The lowest BCUT2D eigenvalue weighted by Crippen LogP contribution is -2.54. The van der Waals surface area contributed by atoms with Gasteiger partial charge in [0.1, 0.15) is 5.60 Å². The molecule has 5 nitrogen and oxygen atoms in total. The second-order valence-corrected chi connectivity index (χ2v) is 7.66. The van der Waals surface area contributed by atoms with Crippen molar-refractivity contribution in [3.8, 4) is 0 Å². The topological polar surface area (TPSA) is 58.8 Å². The summed E-state index contributed by atoms with van der Waals surface area (Å²) in [4.78, 5) is 16.4. The lowest BCUT2D eigenvalue weighted by molar-refractivity contribution is 0.00571. The van der Waals surface area contributed by atoms with Crippen LogP contribution in [0.4, 0.5) is 10.5 Å². The first-order valence-electron chi connectivity index (χ1n) is 8.81. The third kappa shape index (κ3) is 5.71. The number of hydrogen-bond acceptors (Lipinski definition) is 4. The average molecular weight is 333 g/mol. The molecule has 0 unspecified atom stereocenters. The van der Waals surface area contributed by atoms with Gasteiger partial charge in [-0.3, -0.25) is 4.90 Å². The maximum atomic E-state index is 12.2. The number of piperazine rings is 1. The Kier molecular flexibility index (Phi) is 6.10. The third-order valence-electron chi connectivity index (χ3n) is 4.31. The minimum absolute atomic E-state index is 0.198. The van der Waals surface area contributed by atoms with E-state index in [1.165, 1.54) is 5.56 Å². The van der Waals surface area contributed by atoms with E-state index >= 15 is 0 Å². The van der Waals surface area contributed by atoms with Crippen molar-refractivity contribution in [3.63, 3.8) is 0 Å². The summed E-state index contributed by atoms with van der Waals surface area (Å²) >= 11 is 0. The molecule has 1 aromatic carbocycles. The van der Waals surface area contributed by atoms with Crippen molar-refractivity contribution in [1.29, 1.82) is 0 Å². The Bertz CT molecular complexity index is 537. The van der Waals surface area contributed by atoms with Crippen LogP contribution in [-0.4, -0.2) is 53.7 Å². The highest BCUT2D eigenvalue weighted by molar-refractivity contribution is 5.68. The van der Waals surface area contributed by atoms with Gasteiger partial charge in [0.05, 0.1) is 0 Å². The molecule has 2 rings (SSSR count). The first kappa shape index (κ1) is 18.6. The summed E-state index contributed by atoms with van der Waals surface area (Å²) in [6.45, 7) is 11.3. The molecule has 2 N–H and O–H groups in total. The minimum Gasteiger partial charge on any atom is -0.444 e. The Hall–Kier alpha value is -1.75. The molecule has 1 aliphatic heterocycles. The molecular weight excluding hydrogens is 302 g/mol. The van der Waals surface area contributed by atoms with Crippen LogP contribution >= 0.6 is 0 Å². The van der Waals surface area contributed by atoms with Crippen molar-refractivity contribution < 1.29 is 9.53 Å². The predicted molar refractivity (Wildman–Crippen MR) is 98.0 cm³/mol. The van der Waals surface area contributed by atoms with Crippen LogP contribution in [0.5, 0.6) is 0 Å². The molecule has 1 amide bonds. The Morgan fingerprint density at radius 2 is 1.92 bits per heavy atom. The second kappa shape index (κ2) is 7.88. The number of carbonyl (C=O) groups is 1. The first-order chi connectivity index (χ1) is 11.2. The molecule has 0 spiro atoms.